The van der Waals surface area contributed by atoms with Gasteiger partial charge in [0.1, 0.15) is 5.82 Å². The predicted molar refractivity (Wildman–Crippen MR) is 114 cm³/mol. The van der Waals surface area contributed by atoms with E-state index in [1.807, 2.05) is 11.0 Å². The SMILES string of the molecule is CN=C(NCCC(=O)N1CCCC(C)C1)NCCc1ccccc1F.I. The fraction of sp³-hybridized carbons (Fsp3) is 0.579. The molecule has 2 N–H and O–H groups in total. The number of carbonyl (C=O) groups is 1. The first-order valence-corrected chi connectivity index (χ1v) is 9.06. The fourth-order valence-corrected chi connectivity index (χ4v) is 3.10. The van der Waals surface area contributed by atoms with Crippen molar-refractivity contribution in [1.82, 2.24) is 15.5 Å². The number of hydrogen-bond acceptors (Lipinski definition) is 2. The third-order valence-electron chi connectivity index (χ3n) is 4.51. The minimum Gasteiger partial charge on any atom is -0.356 e. The molecule has 1 aliphatic heterocycles. The zero-order chi connectivity index (χ0) is 18.1. The molecule has 1 aromatic carbocycles. The van der Waals surface area contributed by atoms with Crippen LogP contribution in [0.15, 0.2) is 29.3 Å². The van der Waals surface area contributed by atoms with Crippen molar-refractivity contribution in [2.45, 2.75) is 32.6 Å². The van der Waals surface area contributed by atoms with Gasteiger partial charge in [0, 0.05) is 39.6 Å². The number of hydrogen-bond donors (Lipinski definition) is 2. The van der Waals surface area contributed by atoms with Crippen LogP contribution < -0.4 is 10.6 Å². The lowest BCUT2D eigenvalue weighted by Gasteiger charge is -2.31. The van der Waals surface area contributed by atoms with Crippen LogP contribution in [0.1, 0.15) is 31.7 Å². The highest BCUT2D eigenvalue weighted by molar-refractivity contribution is 14.0. The van der Waals surface area contributed by atoms with Gasteiger partial charge in [-0.1, -0.05) is 25.1 Å². The van der Waals surface area contributed by atoms with E-state index in [2.05, 4.69) is 22.5 Å². The number of piperidine rings is 1. The topological polar surface area (TPSA) is 56.7 Å². The lowest BCUT2D eigenvalue weighted by atomic mass is 10.00. The second-order valence-corrected chi connectivity index (χ2v) is 6.60. The monoisotopic (exact) mass is 476 g/mol. The van der Waals surface area contributed by atoms with Crippen LogP contribution in [0.25, 0.3) is 0 Å². The normalized spacial score (nSPS) is 17.4. The Morgan fingerprint density at radius 3 is 2.73 bits per heavy atom. The second kappa shape index (κ2) is 12.1. The molecule has 1 amide bonds. The number of aliphatic imine (C=N–C) groups is 1. The smallest absolute Gasteiger partial charge is 0.224 e. The van der Waals surface area contributed by atoms with Crippen molar-refractivity contribution in [2.24, 2.45) is 10.9 Å². The first kappa shape index (κ1) is 22.7. The van der Waals surface area contributed by atoms with E-state index in [0.717, 1.165) is 19.5 Å². The van der Waals surface area contributed by atoms with Crippen LogP contribution in [0.4, 0.5) is 4.39 Å². The maximum absolute atomic E-state index is 13.6. The van der Waals surface area contributed by atoms with Gasteiger partial charge in [0.25, 0.3) is 0 Å². The minimum atomic E-state index is -0.186. The molecule has 1 atom stereocenters. The Morgan fingerprint density at radius 1 is 1.31 bits per heavy atom. The highest BCUT2D eigenvalue weighted by Crippen LogP contribution is 2.15. The summed E-state index contributed by atoms with van der Waals surface area (Å²) in [5, 5.41) is 6.30. The average Bonchev–Trinajstić information content (AvgIpc) is 2.61. The van der Waals surface area contributed by atoms with Crippen molar-refractivity contribution in [3.8, 4) is 0 Å². The molecule has 1 aromatic rings. The molecule has 0 radical (unpaired) electrons. The highest BCUT2D eigenvalue weighted by Gasteiger charge is 2.20. The first-order chi connectivity index (χ1) is 12.1. The number of nitrogens with one attached hydrogen (secondary N) is 2. The van der Waals surface area contributed by atoms with Crippen molar-refractivity contribution >= 4 is 35.8 Å². The Balaban J connectivity index is 0.00000338. The Hall–Kier alpha value is -1.38. The molecule has 7 heteroatoms. The van der Waals surface area contributed by atoms with Gasteiger partial charge in [-0.3, -0.25) is 9.79 Å². The van der Waals surface area contributed by atoms with Gasteiger partial charge in [-0.05, 0) is 36.8 Å². The van der Waals surface area contributed by atoms with Crippen molar-refractivity contribution in [3.63, 3.8) is 0 Å². The van der Waals surface area contributed by atoms with Gasteiger partial charge in [-0.15, -0.1) is 24.0 Å². The number of guanidine groups is 1. The quantitative estimate of drug-likeness (QED) is 0.377. The zero-order valence-electron chi connectivity index (χ0n) is 15.6. The van der Waals surface area contributed by atoms with E-state index >= 15 is 0 Å². The molecule has 0 saturated carbocycles. The Bertz CT molecular complexity index is 597. The molecule has 26 heavy (non-hydrogen) atoms. The lowest BCUT2D eigenvalue weighted by molar-refractivity contribution is -0.132. The summed E-state index contributed by atoms with van der Waals surface area (Å²) in [6.07, 6.45) is 3.35. The van der Waals surface area contributed by atoms with Crippen LogP contribution in [0.3, 0.4) is 0 Å². The van der Waals surface area contributed by atoms with E-state index in [9.17, 15) is 9.18 Å². The molecular weight excluding hydrogens is 446 g/mol. The van der Waals surface area contributed by atoms with E-state index in [1.54, 1.807) is 19.2 Å². The molecule has 1 heterocycles. The Labute approximate surface area is 172 Å². The number of carbonyl (C=O) groups excluding carboxylic acids is 1. The van der Waals surface area contributed by atoms with Crippen LogP contribution >= 0.6 is 24.0 Å². The third-order valence-corrected chi connectivity index (χ3v) is 4.51. The van der Waals surface area contributed by atoms with Crippen molar-refractivity contribution < 1.29 is 9.18 Å². The van der Waals surface area contributed by atoms with Gasteiger partial charge >= 0.3 is 0 Å². The molecule has 1 unspecified atom stereocenters. The zero-order valence-corrected chi connectivity index (χ0v) is 18.0. The predicted octanol–water partition coefficient (Wildman–Crippen LogP) is 2.80. The largest absolute Gasteiger partial charge is 0.356 e. The summed E-state index contributed by atoms with van der Waals surface area (Å²) in [6, 6.07) is 6.77. The van der Waals surface area contributed by atoms with Gasteiger partial charge in [0.15, 0.2) is 5.96 Å². The number of likely N-dealkylation sites (tertiary alicyclic amines) is 1. The maximum atomic E-state index is 13.6. The third kappa shape index (κ3) is 7.47. The van der Waals surface area contributed by atoms with Crippen LogP contribution in [0.2, 0.25) is 0 Å². The number of benzene rings is 1. The first-order valence-electron chi connectivity index (χ1n) is 9.06. The summed E-state index contributed by atoms with van der Waals surface area (Å²) in [4.78, 5) is 18.3. The minimum absolute atomic E-state index is 0. The van der Waals surface area contributed by atoms with Gasteiger partial charge in [-0.2, -0.15) is 0 Å². The lowest BCUT2D eigenvalue weighted by Crippen LogP contribution is -2.42. The second-order valence-electron chi connectivity index (χ2n) is 6.60. The number of halogens is 2. The van der Waals surface area contributed by atoms with E-state index in [4.69, 9.17) is 0 Å². The van der Waals surface area contributed by atoms with Gasteiger partial charge in [0.05, 0.1) is 0 Å². The fourth-order valence-electron chi connectivity index (χ4n) is 3.10. The molecule has 2 rings (SSSR count). The van der Waals surface area contributed by atoms with Gasteiger partial charge < -0.3 is 15.5 Å². The summed E-state index contributed by atoms with van der Waals surface area (Å²) < 4.78 is 13.6. The maximum Gasteiger partial charge on any atom is 0.224 e. The molecular formula is C19H30FIN4O. The van der Waals surface area contributed by atoms with E-state index in [1.165, 1.54) is 12.5 Å². The molecule has 0 bridgehead atoms. The van der Waals surface area contributed by atoms with Crippen molar-refractivity contribution in [1.29, 1.82) is 0 Å². The van der Waals surface area contributed by atoms with E-state index < -0.39 is 0 Å². The van der Waals surface area contributed by atoms with E-state index in [-0.39, 0.29) is 35.7 Å². The summed E-state index contributed by atoms with van der Waals surface area (Å²) in [7, 11) is 1.69. The van der Waals surface area contributed by atoms with Crippen LogP contribution in [-0.4, -0.2) is 50.0 Å². The molecule has 0 aliphatic carbocycles. The van der Waals surface area contributed by atoms with Gasteiger partial charge in [-0.25, -0.2) is 4.39 Å². The molecule has 0 spiro atoms. The summed E-state index contributed by atoms with van der Waals surface area (Å²) in [5.74, 6) is 1.24. The van der Waals surface area contributed by atoms with Crippen molar-refractivity contribution in [3.05, 3.63) is 35.6 Å². The van der Waals surface area contributed by atoms with E-state index in [0.29, 0.717) is 43.4 Å². The average molecular weight is 476 g/mol. The van der Waals surface area contributed by atoms with Crippen LogP contribution in [0.5, 0.6) is 0 Å². The number of amides is 1. The molecule has 5 nitrogen and oxygen atoms in total. The Kier molecular flexibility index (Phi) is 10.5. The molecule has 1 fully saturated rings. The van der Waals surface area contributed by atoms with Crippen LogP contribution in [0, 0.1) is 11.7 Å². The van der Waals surface area contributed by atoms with Crippen molar-refractivity contribution in [2.75, 3.05) is 33.2 Å². The van der Waals surface area contributed by atoms with Gasteiger partial charge in [0.2, 0.25) is 5.91 Å². The molecule has 1 aliphatic rings. The summed E-state index contributed by atoms with van der Waals surface area (Å²) in [5.41, 5.74) is 0.680. The summed E-state index contributed by atoms with van der Waals surface area (Å²) in [6.45, 7) is 5.06. The standard InChI is InChI=1S/C19H29FN4O.HI/c1-15-6-5-13-24(14-15)18(25)10-12-23-19(21-2)22-11-9-16-7-3-4-8-17(16)20;/h3-4,7-8,15H,5-6,9-14H2,1-2H3,(H2,21,22,23);1H. The highest BCUT2D eigenvalue weighted by atomic mass is 127. The number of nitrogens with zero attached hydrogens (tertiary/aromatic N) is 2. The molecule has 1 saturated heterocycles. The Morgan fingerprint density at radius 2 is 2.04 bits per heavy atom. The number of rotatable bonds is 6. The summed E-state index contributed by atoms with van der Waals surface area (Å²) >= 11 is 0. The van der Waals surface area contributed by atoms with Crippen LogP contribution in [-0.2, 0) is 11.2 Å². The molecule has 0 aromatic heterocycles. The molecule has 146 valence electrons.